The quantitative estimate of drug-likeness (QED) is 0.524. The predicted molar refractivity (Wildman–Crippen MR) is 108 cm³/mol. The molecule has 1 amide bonds. The Bertz CT molecular complexity index is 1090. The van der Waals surface area contributed by atoms with Crippen LogP contribution in [0.25, 0.3) is 11.0 Å². The maximum Gasteiger partial charge on any atom is 0.252 e. The number of rotatable bonds is 4. The molecule has 4 rings (SSSR count). The second-order valence-electron chi connectivity index (χ2n) is 6.47. The number of nitrogens with one attached hydrogen (secondary N) is 2. The Kier molecular flexibility index (Phi) is 4.65. The summed E-state index contributed by atoms with van der Waals surface area (Å²) in [5, 5.41) is 3.68. The molecule has 0 fully saturated rings. The largest absolute Gasteiger partial charge is 0.340 e. The molecule has 0 spiro atoms. The van der Waals surface area contributed by atoms with Crippen molar-refractivity contribution in [3.63, 3.8) is 0 Å². The van der Waals surface area contributed by atoms with Crippen molar-refractivity contribution in [2.75, 3.05) is 0 Å². The SMILES string of the molecule is Cc1ccc2nc(C(NC(=O)c3ccc(Cl)cc3)c3ccccc3)[nH]c2c1. The molecule has 0 aliphatic carbocycles. The minimum atomic E-state index is -0.387. The van der Waals surface area contributed by atoms with Crippen LogP contribution in [0.3, 0.4) is 0 Å². The Morgan fingerprint density at radius 3 is 2.52 bits per heavy atom. The fourth-order valence-electron chi connectivity index (χ4n) is 3.05. The molecule has 2 N–H and O–H groups in total. The van der Waals surface area contributed by atoms with Crippen molar-refractivity contribution in [3.8, 4) is 0 Å². The lowest BCUT2D eigenvalue weighted by Crippen LogP contribution is -2.30. The molecular formula is C22H18ClN3O. The third kappa shape index (κ3) is 3.71. The molecule has 4 nitrogen and oxygen atoms in total. The summed E-state index contributed by atoms with van der Waals surface area (Å²) < 4.78 is 0. The van der Waals surface area contributed by atoms with Crippen LogP contribution in [0.2, 0.25) is 5.02 Å². The number of H-pyrrole nitrogens is 1. The van der Waals surface area contributed by atoms with Gasteiger partial charge in [-0.05, 0) is 54.4 Å². The number of aryl methyl sites for hydroxylation is 1. The fourth-order valence-corrected chi connectivity index (χ4v) is 3.18. The van der Waals surface area contributed by atoms with Crippen LogP contribution < -0.4 is 5.32 Å². The number of carbonyl (C=O) groups excluding carboxylic acids is 1. The van der Waals surface area contributed by atoms with E-state index in [4.69, 9.17) is 16.6 Å². The number of nitrogens with zero attached hydrogens (tertiary/aromatic N) is 1. The van der Waals surface area contributed by atoms with Gasteiger partial charge in [0.15, 0.2) is 0 Å². The van der Waals surface area contributed by atoms with E-state index in [2.05, 4.69) is 16.4 Å². The molecule has 0 aliphatic rings. The zero-order valence-electron chi connectivity index (χ0n) is 14.7. The maximum absolute atomic E-state index is 12.8. The standard InChI is InChI=1S/C22H18ClN3O/c1-14-7-12-18-19(13-14)25-21(24-18)20(15-5-3-2-4-6-15)26-22(27)16-8-10-17(23)11-9-16/h2-13,20H,1H3,(H,24,25)(H,26,27). The van der Waals surface area contributed by atoms with Crippen LogP contribution in [0.15, 0.2) is 72.8 Å². The monoisotopic (exact) mass is 375 g/mol. The van der Waals surface area contributed by atoms with Crippen molar-refractivity contribution in [1.29, 1.82) is 0 Å². The summed E-state index contributed by atoms with van der Waals surface area (Å²) in [6.07, 6.45) is 0. The first kappa shape index (κ1) is 17.3. The van der Waals surface area contributed by atoms with Gasteiger partial charge in [0.1, 0.15) is 11.9 Å². The van der Waals surface area contributed by atoms with Crippen molar-refractivity contribution in [3.05, 3.63) is 100 Å². The smallest absolute Gasteiger partial charge is 0.252 e. The van der Waals surface area contributed by atoms with Crippen molar-refractivity contribution in [2.24, 2.45) is 0 Å². The van der Waals surface area contributed by atoms with Gasteiger partial charge in [-0.25, -0.2) is 4.98 Å². The topological polar surface area (TPSA) is 57.8 Å². The molecule has 0 bridgehead atoms. The minimum Gasteiger partial charge on any atom is -0.340 e. The molecule has 5 heteroatoms. The first-order valence-corrected chi connectivity index (χ1v) is 9.05. The van der Waals surface area contributed by atoms with Gasteiger partial charge in [-0.2, -0.15) is 0 Å². The van der Waals surface area contributed by atoms with Gasteiger partial charge in [0.25, 0.3) is 5.91 Å². The molecule has 1 unspecified atom stereocenters. The Morgan fingerprint density at radius 2 is 1.78 bits per heavy atom. The average Bonchev–Trinajstić information content (AvgIpc) is 3.10. The molecule has 0 aliphatic heterocycles. The van der Waals surface area contributed by atoms with Crippen molar-refractivity contribution >= 4 is 28.5 Å². The van der Waals surface area contributed by atoms with Crippen molar-refractivity contribution < 1.29 is 4.79 Å². The van der Waals surface area contributed by atoms with Crippen LogP contribution >= 0.6 is 11.6 Å². The summed E-state index contributed by atoms with van der Waals surface area (Å²) in [7, 11) is 0. The Hall–Kier alpha value is -3.11. The van der Waals surface area contributed by atoms with Gasteiger partial charge in [0.05, 0.1) is 11.0 Å². The van der Waals surface area contributed by atoms with Gasteiger partial charge in [-0.15, -0.1) is 0 Å². The van der Waals surface area contributed by atoms with Crippen molar-refractivity contribution in [2.45, 2.75) is 13.0 Å². The molecule has 1 atom stereocenters. The molecule has 0 saturated heterocycles. The summed E-state index contributed by atoms with van der Waals surface area (Å²) >= 11 is 5.93. The van der Waals surface area contributed by atoms with Crippen molar-refractivity contribution in [1.82, 2.24) is 15.3 Å². The van der Waals surface area contributed by atoms with E-state index in [9.17, 15) is 4.79 Å². The lowest BCUT2D eigenvalue weighted by molar-refractivity contribution is 0.0941. The first-order chi connectivity index (χ1) is 13.1. The molecule has 0 saturated carbocycles. The summed E-state index contributed by atoms with van der Waals surface area (Å²) in [6.45, 7) is 2.04. The fraction of sp³-hybridized carbons (Fsp3) is 0.0909. The average molecular weight is 376 g/mol. The highest BCUT2D eigenvalue weighted by atomic mass is 35.5. The van der Waals surface area contributed by atoms with E-state index in [-0.39, 0.29) is 11.9 Å². The van der Waals surface area contributed by atoms with Crippen LogP contribution in [0, 0.1) is 6.92 Å². The van der Waals surface area contributed by atoms with Crippen LogP contribution in [0.4, 0.5) is 0 Å². The highest BCUT2D eigenvalue weighted by Crippen LogP contribution is 2.24. The van der Waals surface area contributed by atoms with E-state index < -0.39 is 0 Å². The van der Waals surface area contributed by atoms with Crippen LogP contribution in [-0.2, 0) is 0 Å². The van der Waals surface area contributed by atoms with E-state index in [1.54, 1.807) is 24.3 Å². The number of aromatic nitrogens is 2. The lowest BCUT2D eigenvalue weighted by atomic mass is 10.1. The summed E-state index contributed by atoms with van der Waals surface area (Å²) in [6, 6.07) is 22.3. The highest BCUT2D eigenvalue weighted by Gasteiger charge is 2.21. The summed E-state index contributed by atoms with van der Waals surface area (Å²) in [5.41, 5.74) is 4.48. The molecule has 27 heavy (non-hydrogen) atoms. The molecule has 0 radical (unpaired) electrons. The van der Waals surface area contributed by atoms with E-state index in [0.717, 1.165) is 22.2 Å². The number of aromatic amines is 1. The van der Waals surface area contributed by atoms with Gasteiger partial charge in [-0.1, -0.05) is 48.0 Å². The van der Waals surface area contributed by atoms with Gasteiger partial charge in [0, 0.05) is 10.6 Å². The molecule has 4 aromatic rings. The van der Waals surface area contributed by atoms with E-state index >= 15 is 0 Å². The number of imidazole rings is 1. The molecule has 1 aromatic heterocycles. The summed E-state index contributed by atoms with van der Waals surface area (Å²) in [4.78, 5) is 20.8. The third-order valence-electron chi connectivity index (χ3n) is 4.44. The number of fused-ring (bicyclic) bond motifs is 1. The van der Waals surface area contributed by atoms with Gasteiger partial charge < -0.3 is 10.3 Å². The highest BCUT2D eigenvalue weighted by molar-refractivity contribution is 6.30. The number of hydrogen-bond donors (Lipinski definition) is 2. The predicted octanol–water partition coefficient (Wildman–Crippen LogP) is 5.04. The Labute approximate surface area is 162 Å². The normalized spacial score (nSPS) is 12.1. The number of carbonyl (C=O) groups is 1. The van der Waals surface area contributed by atoms with Crippen LogP contribution in [-0.4, -0.2) is 15.9 Å². The van der Waals surface area contributed by atoms with E-state index in [1.165, 1.54) is 0 Å². The molecule has 134 valence electrons. The van der Waals surface area contributed by atoms with Gasteiger partial charge in [0.2, 0.25) is 0 Å². The second kappa shape index (κ2) is 7.25. The number of halogens is 1. The van der Waals surface area contributed by atoms with E-state index in [1.807, 2.05) is 49.4 Å². The number of amides is 1. The maximum atomic E-state index is 12.8. The van der Waals surface area contributed by atoms with Crippen LogP contribution in [0.5, 0.6) is 0 Å². The van der Waals surface area contributed by atoms with E-state index in [0.29, 0.717) is 16.4 Å². The molecule has 3 aromatic carbocycles. The second-order valence-corrected chi connectivity index (χ2v) is 6.90. The molecular weight excluding hydrogens is 358 g/mol. The number of hydrogen-bond acceptors (Lipinski definition) is 2. The lowest BCUT2D eigenvalue weighted by Gasteiger charge is -2.17. The third-order valence-corrected chi connectivity index (χ3v) is 4.70. The zero-order chi connectivity index (χ0) is 18.8. The first-order valence-electron chi connectivity index (χ1n) is 8.68. The Balaban J connectivity index is 1.72. The summed E-state index contributed by atoms with van der Waals surface area (Å²) in [5.74, 6) is 0.515. The van der Waals surface area contributed by atoms with Gasteiger partial charge in [-0.3, -0.25) is 4.79 Å². The Morgan fingerprint density at radius 1 is 1.04 bits per heavy atom. The van der Waals surface area contributed by atoms with Gasteiger partial charge >= 0.3 is 0 Å². The minimum absolute atomic E-state index is 0.183. The number of benzene rings is 3. The van der Waals surface area contributed by atoms with Crippen LogP contribution in [0.1, 0.15) is 33.4 Å². The molecule has 1 heterocycles. The zero-order valence-corrected chi connectivity index (χ0v) is 15.5.